The van der Waals surface area contributed by atoms with E-state index in [2.05, 4.69) is 0 Å². The zero-order valence-corrected chi connectivity index (χ0v) is 17.7. The molecule has 1 aromatic carbocycles. The minimum atomic E-state index is -1.69. The predicted octanol–water partition coefficient (Wildman–Crippen LogP) is -3.20. The summed E-state index contributed by atoms with van der Waals surface area (Å²) in [5.41, 5.74) is -0.346. The van der Waals surface area contributed by atoms with Gasteiger partial charge in [0.1, 0.15) is 60.2 Å². The third kappa shape index (κ3) is 4.94. The van der Waals surface area contributed by atoms with Crippen molar-refractivity contribution in [1.29, 1.82) is 0 Å². The molecule has 13 nitrogen and oxygen atoms in total. The van der Waals surface area contributed by atoms with E-state index in [4.69, 9.17) is 23.4 Å². The molecular weight excluding hydrogens is 460 g/mol. The monoisotopic (exact) mass is 486 g/mol. The Morgan fingerprint density at radius 2 is 1.38 bits per heavy atom. The first kappa shape index (κ1) is 24.9. The van der Waals surface area contributed by atoms with Crippen LogP contribution in [0.2, 0.25) is 0 Å². The Balaban J connectivity index is 1.44. The summed E-state index contributed by atoms with van der Waals surface area (Å²) in [7, 11) is 0. The summed E-state index contributed by atoms with van der Waals surface area (Å²) < 4.78 is 26.8. The number of benzene rings is 1. The smallest absolute Gasteiger partial charge is 0.336 e. The molecule has 1 aromatic heterocycles. The molecule has 2 aliphatic rings. The predicted molar refractivity (Wildman–Crippen MR) is 110 cm³/mol. The van der Waals surface area contributed by atoms with E-state index in [0.29, 0.717) is 5.39 Å². The fraction of sp³-hybridized carbons (Fsp3) is 0.571. The van der Waals surface area contributed by atoms with Crippen molar-refractivity contribution < 1.29 is 59.1 Å². The van der Waals surface area contributed by atoms with E-state index in [1.807, 2.05) is 0 Å². The summed E-state index contributed by atoms with van der Waals surface area (Å²) >= 11 is 0. The van der Waals surface area contributed by atoms with Crippen LogP contribution in [0.3, 0.4) is 0 Å². The number of hydrogen-bond donors (Lipinski definition) is 7. The standard InChI is InChI=1S/C21H26O13/c22-6-11-14(24)16(26)18(28)20(33-11)30-7-12-15(25)17(27)19(29)21(34-12)31-9-3-1-8-2-4-13(23)32-10(8)5-9/h1-5,11-12,14-22,24-29H,6-7H2/t11-,12-,14-,15-,16+,17+,18-,19-,20-,21-/m1/s1. The van der Waals surface area contributed by atoms with Crippen LogP contribution in [0.5, 0.6) is 5.75 Å². The number of aliphatic hydroxyl groups excluding tert-OH is 7. The Hall–Kier alpha value is -2.17. The van der Waals surface area contributed by atoms with Crippen LogP contribution >= 0.6 is 0 Å². The molecule has 13 heteroatoms. The van der Waals surface area contributed by atoms with Gasteiger partial charge in [-0.1, -0.05) is 0 Å². The molecule has 0 saturated carbocycles. The first-order valence-electron chi connectivity index (χ1n) is 10.5. The number of hydrogen-bond acceptors (Lipinski definition) is 13. The third-order valence-electron chi connectivity index (χ3n) is 5.79. The van der Waals surface area contributed by atoms with E-state index < -0.39 is 80.3 Å². The zero-order valence-electron chi connectivity index (χ0n) is 17.7. The molecule has 0 bridgehead atoms. The number of rotatable bonds is 6. The van der Waals surface area contributed by atoms with Crippen molar-refractivity contribution in [2.24, 2.45) is 0 Å². The molecule has 0 spiro atoms. The largest absolute Gasteiger partial charge is 0.462 e. The first-order valence-corrected chi connectivity index (χ1v) is 10.5. The van der Waals surface area contributed by atoms with E-state index in [1.54, 1.807) is 12.1 Å². The maximum Gasteiger partial charge on any atom is 0.336 e. The highest BCUT2D eigenvalue weighted by molar-refractivity contribution is 5.77. The Kier molecular flexibility index (Phi) is 7.49. The van der Waals surface area contributed by atoms with Gasteiger partial charge in [0.05, 0.1) is 13.2 Å². The van der Waals surface area contributed by atoms with Gasteiger partial charge in [-0.05, 0) is 18.2 Å². The van der Waals surface area contributed by atoms with Gasteiger partial charge in [-0.15, -0.1) is 0 Å². The molecule has 7 N–H and O–H groups in total. The summed E-state index contributed by atoms with van der Waals surface area (Å²) in [4.78, 5) is 11.4. The van der Waals surface area contributed by atoms with Crippen molar-refractivity contribution >= 4 is 11.0 Å². The summed E-state index contributed by atoms with van der Waals surface area (Å²) in [6, 6.07) is 7.34. The molecule has 2 aliphatic heterocycles. The van der Waals surface area contributed by atoms with Crippen LogP contribution < -0.4 is 10.4 Å². The van der Waals surface area contributed by atoms with Crippen LogP contribution in [0.4, 0.5) is 0 Å². The molecule has 4 rings (SSSR count). The molecule has 2 saturated heterocycles. The van der Waals surface area contributed by atoms with Crippen LogP contribution in [0, 0.1) is 0 Å². The van der Waals surface area contributed by atoms with Crippen LogP contribution in [0.15, 0.2) is 39.5 Å². The second-order valence-corrected chi connectivity index (χ2v) is 8.12. The van der Waals surface area contributed by atoms with Crippen LogP contribution in [-0.4, -0.2) is 110 Å². The molecule has 0 unspecified atom stereocenters. The van der Waals surface area contributed by atoms with Crippen LogP contribution in [0.1, 0.15) is 0 Å². The second-order valence-electron chi connectivity index (χ2n) is 8.12. The fourth-order valence-electron chi connectivity index (χ4n) is 3.79. The van der Waals surface area contributed by atoms with Crippen LogP contribution in [0.25, 0.3) is 11.0 Å². The maximum atomic E-state index is 11.4. The summed E-state index contributed by atoms with van der Waals surface area (Å²) in [5, 5.41) is 70.5. The molecule has 0 radical (unpaired) electrons. The van der Waals surface area contributed by atoms with Gasteiger partial charge in [-0.25, -0.2) is 4.79 Å². The average molecular weight is 486 g/mol. The van der Waals surface area contributed by atoms with Gasteiger partial charge in [0.15, 0.2) is 6.29 Å². The molecule has 34 heavy (non-hydrogen) atoms. The normalized spacial score (nSPS) is 38.7. The lowest BCUT2D eigenvalue weighted by molar-refractivity contribution is -0.323. The molecule has 2 aromatic rings. The Morgan fingerprint density at radius 1 is 0.765 bits per heavy atom. The molecule has 0 amide bonds. The molecular formula is C21H26O13. The quantitative estimate of drug-likeness (QED) is 0.201. The molecule has 0 aliphatic carbocycles. The summed E-state index contributed by atoms with van der Waals surface area (Å²) in [6.45, 7) is -1.14. The Labute approximate surface area is 191 Å². The minimum Gasteiger partial charge on any atom is -0.462 e. The van der Waals surface area contributed by atoms with Crippen molar-refractivity contribution in [2.45, 2.75) is 61.4 Å². The number of fused-ring (bicyclic) bond motifs is 1. The van der Waals surface area contributed by atoms with Gasteiger partial charge in [0.2, 0.25) is 6.29 Å². The Morgan fingerprint density at radius 3 is 2.09 bits per heavy atom. The number of ether oxygens (including phenoxy) is 4. The van der Waals surface area contributed by atoms with E-state index >= 15 is 0 Å². The fourth-order valence-corrected chi connectivity index (χ4v) is 3.79. The SMILES string of the molecule is O=c1ccc2ccc(O[C@@H]3O[C@H](CO[C@@H]4O[C@H](CO)[C@@H](O)[C@H](O)[C@H]4O)[C@@H](O)[C@H](O)[C@H]3O)cc2o1. The lowest BCUT2D eigenvalue weighted by atomic mass is 9.98. The highest BCUT2D eigenvalue weighted by Gasteiger charge is 2.47. The van der Waals surface area contributed by atoms with Gasteiger partial charge in [-0.3, -0.25) is 0 Å². The van der Waals surface area contributed by atoms with Gasteiger partial charge in [-0.2, -0.15) is 0 Å². The maximum absolute atomic E-state index is 11.4. The Bertz CT molecular complexity index is 1030. The average Bonchev–Trinajstić information content (AvgIpc) is 2.83. The van der Waals surface area contributed by atoms with Gasteiger partial charge >= 0.3 is 5.63 Å². The molecule has 3 heterocycles. The van der Waals surface area contributed by atoms with E-state index in [1.165, 1.54) is 18.2 Å². The summed E-state index contributed by atoms with van der Waals surface area (Å²) in [5.74, 6) is 0.142. The van der Waals surface area contributed by atoms with Crippen molar-refractivity contribution in [3.8, 4) is 5.75 Å². The topological polar surface area (TPSA) is 209 Å². The molecule has 10 atom stereocenters. The van der Waals surface area contributed by atoms with Crippen LogP contribution in [-0.2, 0) is 14.2 Å². The summed E-state index contributed by atoms with van der Waals surface area (Å²) in [6.07, 6.45) is -15.3. The van der Waals surface area contributed by atoms with Gasteiger partial charge in [0, 0.05) is 17.5 Å². The lowest BCUT2D eigenvalue weighted by Crippen LogP contribution is -2.62. The van der Waals surface area contributed by atoms with Gasteiger partial charge in [0.25, 0.3) is 0 Å². The van der Waals surface area contributed by atoms with E-state index in [-0.39, 0.29) is 11.3 Å². The second kappa shape index (κ2) is 10.2. The van der Waals surface area contributed by atoms with Gasteiger partial charge < -0.3 is 59.1 Å². The first-order chi connectivity index (χ1) is 16.2. The molecule has 2 fully saturated rings. The van der Waals surface area contributed by atoms with Crippen molar-refractivity contribution in [3.63, 3.8) is 0 Å². The van der Waals surface area contributed by atoms with Crippen molar-refractivity contribution in [3.05, 3.63) is 40.8 Å². The highest BCUT2D eigenvalue weighted by atomic mass is 16.7. The molecule has 188 valence electrons. The zero-order chi connectivity index (χ0) is 24.6. The number of aliphatic hydroxyl groups is 7. The minimum absolute atomic E-state index is 0.142. The van der Waals surface area contributed by atoms with E-state index in [0.717, 1.165) is 0 Å². The van der Waals surface area contributed by atoms with Crippen molar-refractivity contribution in [1.82, 2.24) is 0 Å². The highest BCUT2D eigenvalue weighted by Crippen LogP contribution is 2.28. The van der Waals surface area contributed by atoms with E-state index in [9.17, 15) is 40.5 Å². The lowest BCUT2D eigenvalue weighted by Gasteiger charge is -2.42. The third-order valence-corrected chi connectivity index (χ3v) is 5.79. The van der Waals surface area contributed by atoms with Crippen molar-refractivity contribution in [2.75, 3.05) is 13.2 Å².